The van der Waals surface area contributed by atoms with E-state index in [1.807, 2.05) is 38.1 Å². The maximum Gasteiger partial charge on any atom is 0.328 e. The van der Waals surface area contributed by atoms with Crippen LogP contribution in [0.15, 0.2) is 24.3 Å². The van der Waals surface area contributed by atoms with Crippen LogP contribution >= 0.6 is 0 Å². The molecule has 10 nitrogen and oxygen atoms in total. The molecule has 34 heavy (non-hydrogen) atoms. The average molecular weight is 471 g/mol. The number of carboxylic acids is 1. The number of amides is 4. The van der Waals surface area contributed by atoms with Crippen LogP contribution < -0.4 is 5.32 Å². The number of H-pyrrole nitrogens is 1. The Morgan fingerprint density at radius 1 is 1.21 bits per heavy atom. The van der Waals surface area contributed by atoms with Crippen LogP contribution in [0.2, 0.25) is 0 Å². The molecule has 4 atom stereocenters. The van der Waals surface area contributed by atoms with E-state index in [4.69, 9.17) is 0 Å². The van der Waals surface area contributed by atoms with Gasteiger partial charge in [0.05, 0.1) is 11.8 Å². The number of hydrogen-bond acceptors (Lipinski definition) is 5. The molecule has 3 heterocycles. The lowest BCUT2D eigenvalue weighted by molar-refractivity contribution is -0.146. The largest absolute Gasteiger partial charge is 0.480 e. The second kappa shape index (κ2) is 8.43. The lowest BCUT2D eigenvalue weighted by Crippen LogP contribution is -2.56. The fourth-order valence-electron chi connectivity index (χ4n) is 5.11. The van der Waals surface area contributed by atoms with E-state index in [9.17, 15) is 29.4 Å². The number of carbonyl (C=O) groups is 4. The number of hydrogen-bond donors (Lipinski definition) is 4. The Bertz CT molecular complexity index is 1170. The zero-order valence-corrected chi connectivity index (χ0v) is 19.7. The lowest BCUT2D eigenvalue weighted by atomic mass is 9.86. The summed E-state index contributed by atoms with van der Waals surface area (Å²) in [6.45, 7) is 6.94. The number of aliphatic hydroxyl groups is 1. The molecule has 182 valence electrons. The van der Waals surface area contributed by atoms with Crippen LogP contribution in [0.3, 0.4) is 0 Å². The molecule has 2 aliphatic heterocycles. The number of aromatic amines is 1. The summed E-state index contributed by atoms with van der Waals surface area (Å²) >= 11 is 0. The normalized spacial score (nSPS) is 22.5. The van der Waals surface area contributed by atoms with Gasteiger partial charge in [0.1, 0.15) is 6.04 Å². The molecule has 0 spiro atoms. The maximum atomic E-state index is 13.9. The summed E-state index contributed by atoms with van der Waals surface area (Å²) in [6, 6.07) is 4.34. The molecule has 10 heteroatoms. The monoisotopic (exact) mass is 470 g/mol. The third kappa shape index (κ3) is 3.53. The highest BCUT2D eigenvalue weighted by Gasteiger charge is 2.60. The predicted molar refractivity (Wildman–Crippen MR) is 123 cm³/mol. The van der Waals surface area contributed by atoms with E-state index in [-0.39, 0.29) is 12.3 Å². The van der Waals surface area contributed by atoms with Gasteiger partial charge >= 0.3 is 12.0 Å². The number of imide groups is 1. The summed E-state index contributed by atoms with van der Waals surface area (Å²) in [7, 11) is 0. The summed E-state index contributed by atoms with van der Waals surface area (Å²) in [5.74, 6) is -2.79. The van der Waals surface area contributed by atoms with Crippen molar-refractivity contribution < 1.29 is 29.4 Å². The average Bonchev–Trinajstić information content (AvgIpc) is 3.24. The number of nitrogens with zero attached hydrogens (tertiary/aromatic N) is 2. The second-order valence-corrected chi connectivity index (χ2v) is 9.67. The Kier molecular flexibility index (Phi) is 5.89. The van der Waals surface area contributed by atoms with Crippen molar-refractivity contribution in [3.05, 3.63) is 35.5 Å². The number of aromatic nitrogens is 1. The summed E-state index contributed by atoms with van der Waals surface area (Å²) < 4.78 is 0. The van der Waals surface area contributed by atoms with Crippen molar-refractivity contribution >= 4 is 34.7 Å². The van der Waals surface area contributed by atoms with Gasteiger partial charge in [-0.05, 0) is 44.2 Å². The molecule has 2 aliphatic rings. The van der Waals surface area contributed by atoms with Crippen LogP contribution in [0.25, 0.3) is 10.9 Å². The maximum absolute atomic E-state index is 13.9. The smallest absolute Gasteiger partial charge is 0.328 e. The molecule has 4 rings (SSSR count). The van der Waals surface area contributed by atoms with Crippen molar-refractivity contribution in [1.82, 2.24) is 20.1 Å². The number of para-hydroxylation sites is 1. The van der Waals surface area contributed by atoms with Gasteiger partial charge in [-0.2, -0.15) is 0 Å². The first-order valence-electron chi connectivity index (χ1n) is 11.4. The fourth-order valence-corrected chi connectivity index (χ4v) is 5.11. The Hall–Kier alpha value is -3.40. The number of nitrogens with one attached hydrogen (secondary N) is 2. The molecule has 4 amide bonds. The van der Waals surface area contributed by atoms with Crippen LogP contribution in [0.5, 0.6) is 0 Å². The van der Waals surface area contributed by atoms with Crippen LogP contribution in [-0.4, -0.2) is 73.5 Å². The van der Waals surface area contributed by atoms with Gasteiger partial charge in [-0.25, -0.2) is 14.5 Å². The Labute approximate surface area is 196 Å². The summed E-state index contributed by atoms with van der Waals surface area (Å²) in [4.78, 5) is 57.9. The van der Waals surface area contributed by atoms with Crippen molar-refractivity contribution in [1.29, 1.82) is 0 Å². The molecular weight excluding hydrogens is 440 g/mol. The highest BCUT2D eigenvalue weighted by Crippen LogP contribution is 2.44. The molecular formula is C24H30N4O6. The number of rotatable bonds is 7. The van der Waals surface area contributed by atoms with Crippen molar-refractivity contribution in [2.24, 2.45) is 5.92 Å². The minimum atomic E-state index is -1.56. The number of aliphatic carboxylic acids is 1. The fraction of sp³-hybridized carbons (Fsp3) is 0.500. The van der Waals surface area contributed by atoms with E-state index in [1.54, 1.807) is 6.92 Å². The molecule has 1 aromatic carbocycles. The second-order valence-electron chi connectivity index (χ2n) is 9.67. The van der Waals surface area contributed by atoms with Gasteiger partial charge in [-0.3, -0.25) is 9.59 Å². The first-order valence-corrected chi connectivity index (χ1v) is 11.4. The van der Waals surface area contributed by atoms with Crippen LogP contribution in [0, 0.1) is 5.92 Å². The number of urea groups is 1. The highest BCUT2D eigenvalue weighted by molar-refractivity contribution is 6.11. The topological polar surface area (TPSA) is 143 Å². The Morgan fingerprint density at radius 3 is 2.50 bits per heavy atom. The van der Waals surface area contributed by atoms with Crippen LogP contribution in [0.1, 0.15) is 45.4 Å². The van der Waals surface area contributed by atoms with Gasteiger partial charge in [-0.1, -0.05) is 32.0 Å². The molecule has 0 bridgehead atoms. The van der Waals surface area contributed by atoms with E-state index >= 15 is 0 Å². The van der Waals surface area contributed by atoms with Crippen molar-refractivity contribution in [2.75, 3.05) is 6.54 Å². The number of carboxylic acid groups (broad SMARTS) is 1. The number of benzene rings is 1. The van der Waals surface area contributed by atoms with Crippen LogP contribution in [-0.2, 0) is 26.3 Å². The molecule has 2 aromatic rings. The van der Waals surface area contributed by atoms with Gasteiger partial charge in [0.25, 0.3) is 5.91 Å². The first kappa shape index (κ1) is 23.7. The minimum Gasteiger partial charge on any atom is -0.480 e. The van der Waals surface area contributed by atoms with Crippen molar-refractivity contribution in [2.45, 2.75) is 64.3 Å². The zero-order chi connectivity index (χ0) is 24.9. The number of fused-ring (bicyclic) bond motifs is 5. The molecule has 1 saturated heterocycles. The molecule has 1 aromatic heterocycles. The number of aliphatic hydroxyl groups excluding tert-OH is 1. The summed E-state index contributed by atoms with van der Waals surface area (Å²) in [5, 5.41) is 22.5. The van der Waals surface area contributed by atoms with E-state index in [1.165, 1.54) is 11.8 Å². The van der Waals surface area contributed by atoms with E-state index in [0.717, 1.165) is 21.4 Å². The standard InChI is InChI=1S/C24H30N4O6/c1-12(2)11-17(20(30)26-18(13(3)29)21(31)32)28-22(33)24(4)19-15(9-10-27(24)23(28)34)14-7-5-6-8-16(14)25-19/h5-8,12-13,17-18,25,29H,9-11H2,1-4H3,(H,26,30)(H,31,32)/t13-,17+,18+,24+/m1/s1. The lowest BCUT2D eigenvalue weighted by Gasteiger charge is -2.36. The van der Waals surface area contributed by atoms with Crippen LogP contribution in [0.4, 0.5) is 4.79 Å². The highest BCUT2D eigenvalue weighted by atomic mass is 16.4. The van der Waals surface area contributed by atoms with Gasteiger partial charge in [0.15, 0.2) is 11.6 Å². The molecule has 0 aliphatic carbocycles. The van der Waals surface area contributed by atoms with E-state index in [2.05, 4.69) is 10.3 Å². The van der Waals surface area contributed by atoms with Crippen molar-refractivity contribution in [3.8, 4) is 0 Å². The molecule has 1 fully saturated rings. The van der Waals surface area contributed by atoms with E-state index < -0.39 is 47.5 Å². The molecule has 4 N–H and O–H groups in total. The Balaban J connectivity index is 1.74. The van der Waals surface area contributed by atoms with Gasteiger partial charge in [0.2, 0.25) is 5.91 Å². The van der Waals surface area contributed by atoms with E-state index in [0.29, 0.717) is 18.7 Å². The molecule has 0 saturated carbocycles. The minimum absolute atomic E-state index is 0.0692. The molecule has 0 unspecified atom stereocenters. The zero-order valence-electron chi connectivity index (χ0n) is 19.7. The van der Waals surface area contributed by atoms with Gasteiger partial charge in [-0.15, -0.1) is 0 Å². The quantitative estimate of drug-likeness (QED) is 0.453. The predicted octanol–water partition coefficient (Wildman–Crippen LogP) is 1.57. The third-order valence-electron chi connectivity index (χ3n) is 6.85. The SMILES string of the molecule is CC(C)C[C@@H](C(=O)N[C@H](C(=O)O)[C@@H](C)O)N1C(=O)N2CCc3c([nH]c4ccccc34)[C@@]2(C)C1=O. The van der Waals surface area contributed by atoms with Crippen molar-refractivity contribution in [3.63, 3.8) is 0 Å². The Morgan fingerprint density at radius 2 is 1.88 bits per heavy atom. The number of carbonyl (C=O) groups excluding carboxylic acids is 3. The first-order chi connectivity index (χ1) is 16.0. The summed E-state index contributed by atoms with van der Waals surface area (Å²) in [5.41, 5.74) is 1.17. The van der Waals surface area contributed by atoms with Gasteiger partial charge < -0.3 is 25.4 Å². The van der Waals surface area contributed by atoms with Gasteiger partial charge in [0, 0.05) is 17.4 Å². The summed E-state index contributed by atoms with van der Waals surface area (Å²) in [6.07, 6.45) is -0.644. The third-order valence-corrected chi connectivity index (χ3v) is 6.85. The molecule has 0 radical (unpaired) electrons.